The van der Waals surface area contributed by atoms with Crippen molar-refractivity contribution in [2.24, 2.45) is 7.05 Å². The van der Waals surface area contributed by atoms with Gasteiger partial charge in [0.25, 0.3) is 0 Å². The first-order valence-corrected chi connectivity index (χ1v) is 7.41. The lowest BCUT2D eigenvalue weighted by Crippen LogP contribution is -2.35. The molecule has 0 N–H and O–H groups in total. The fraction of sp³-hybridized carbons (Fsp3) is 0.750. The van der Waals surface area contributed by atoms with Crippen LogP contribution in [0.3, 0.4) is 0 Å². The van der Waals surface area contributed by atoms with Crippen molar-refractivity contribution in [2.45, 2.75) is 38.1 Å². The molecule has 1 atom stereocenters. The second-order valence-corrected chi connectivity index (χ2v) is 6.07. The predicted octanol–water partition coefficient (Wildman–Crippen LogP) is 2.95. The van der Waals surface area contributed by atoms with Gasteiger partial charge in [-0.25, -0.2) is 0 Å². The van der Waals surface area contributed by atoms with Gasteiger partial charge >= 0.3 is 0 Å². The molecule has 2 heterocycles. The molecule has 0 saturated carbocycles. The summed E-state index contributed by atoms with van der Waals surface area (Å²) in [6, 6.07) is 0. The van der Waals surface area contributed by atoms with Gasteiger partial charge < -0.3 is 0 Å². The average Bonchev–Trinajstić information content (AvgIpc) is 2.56. The first-order chi connectivity index (χ1) is 8.11. The van der Waals surface area contributed by atoms with E-state index in [-0.39, 0.29) is 0 Å². The molecule has 0 spiro atoms. The number of nitrogens with zero attached hydrogens (tertiary/aromatic N) is 3. The van der Waals surface area contributed by atoms with E-state index in [4.69, 9.17) is 11.6 Å². The Bertz CT molecular complexity index is 391. The molecule has 17 heavy (non-hydrogen) atoms. The van der Waals surface area contributed by atoms with Crippen molar-refractivity contribution >= 4 is 27.5 Å². The Balaban J connectivity index is 2.10. The molecule has 1 fully saturated rings. The largest absolute Gasteiger partial charge is 0.296 e. The molecule has 3 nitrogen and oxygen atoms in total. The van der Waals surface area contributed by atoms with Gasteiger partial charge in [0.1, 0.15) is 0 Å². The van der Waals surface area contributed by atoms with E-state index in [0.29, 0.717) is 5.38 Å². The van der Waals surface area contributed by atoms with E-state index in [9.17, 15) is 0 Å². The second kappa shape index (κ2) is 5.72. The highest BCUT2D eigenvalue weighted by molar-refractivity contribution is 9.10. The number of alkyl halides is 1. The normalized spacial score (nSPS) is 22.0. The molecule has 96 valence electrons. The molecule has 5 heteroatoms. The van der Waals surface area contributed by atoms with Crippen LogP contribution in [0.25, 0.3) is 0 Å². The number of halogens is 2. The van der Waals surface area contributed by atoms with Crippen LogP contribution in [0.5, 0.6) is 0 Å². The van der Waals surface area contributed by atoms with Crippen LogP contribution in [0, 0.1) is 0 Å². The molecule has 0 aromatic carbocycles. The van der Waals surface area contributed by atoms with Crippen LogP contribution in [-0.2, 0) is 20.0 Å². The topological polar surface area (TPSA) is 21.1 Å². The van der Waals surface area contributed by atoms with Gasteiger partial charge in [-0.15, -0.1) is 11.6 Å². The third-order valence-electron chi connectivity index (χ3n) is 3.32. The van der Waals surface area contributed by atoms with E-state index < -0.39 is 0 Å². The number of likely N-dealkylation sites (tertiary alicyclic amines) is 1. The molecule has 1 aromatic rings. The average molecular weight is 321 g/mol. The lowest BCUT2D eigenvalue weighted by Gasteiger charge is -2.29. The lowest BCUT2D eigenvalue weighted by atomic mass is 10.1. The van der Waals surface area contributed by atoms with Crippen LogP contribution < -0.4 is 0 Å². The Kier molecular flexibility index (Phi) is 4.50. The monoisotopic (exact) mass is 319 g/mol. The van der Waals surface area contributed by atoms with Crippen LogP contribution in [-0.4, -0.2) is 33.1 Å². The molecule has 1 saturated heterocycles. The molecule has 1 aliphatic heterocycles. The van der Waals surface area contributed by atoms with E-state index in [1.165, 1.54) is 16.6 Å². The summed E-state index contributed by atoms with van der Waals surface area (Å²) in [5.74, 6) is 0. The van der Waals surface area contributed by atoms with E-state index in [2.05, 4.69) is 32.9 Å². The Labute approximate surface area is 116 Å². The lowest BCUT2D eigenvalue weighted by molar-refractivity contribution is 0.218. The van der Waals surface area contributed by atoms with Crippen LogP contribution in [0.15, 0.2) is 4.47 Å². The molecule has 0 aliphatic carbocycles. The molecule has 0 radical (unpaired) electrons. The van der Waals surface area contributed by atoms with Gasteiger partial charge in [-0.2, -0.15) is 5.10 Å². The summed E-state index contributed by atoms with van der Waals surface area (Å²) in [6.45, 7) is 5.20. The maximum Gasteiger partial charge on any atom is 0.0767 e. The summed E-state index contributed by atoms with van der Waals surface area (Å²) in [5.41, 5.74) is 2.40. The highest BCUT2D eigenvalue weighted by Crippen LogP contribution is 2.24. The number of hydrogen-bond acceptors (Lipinski definition) is 2. The maximum atomic E-state index is 6.21. The van der Waals surface area contributed by atoms with Crippen molar-refractivity contribution < 1.29 is 0 Å². The smallest absolute Gasteiger partial charge is 0.0767 e. The molecular weight excluding hydrogens is 302 g/mol. The number of piperidine rings is 1. The minimum Gasteiger partial charge on any atom is -0.296 e. The van der Waals surface area contributed by atoms with Crippen molar-refractivity contribution in [1.29, 1.82) is 0 Å². The summed E-state index contributed by atoms with van der Waals surface area (Å²) in [7, 11) is 2.02. The van der Waals surface area contributed by atoms with Crippen LogP contribution in [0.4, 0.5) is 0 Å². The van der Waals surface area contributed by atoms with Gasteiger partial charge in [0.15, 0.2) is 0 Å². The summed E-state index contributed by atoms with van der Waals surface area (Å²) in [5, 5.41) is 4.83. The predicted molar refractivity (Wildman–Crippen MR) is 74.4 cm³/mol. The van der Waals surface area contributed by atoms with E-state index in [1.807, 2.05) is 11.7 Å². The minimum atomic E-state index is 0.307. The molecule has 1 aliphatic rings. The van der Waals surface area contributed by atoms with E-state index in [0.717, 1.165) is 38.2 Å². The van der Waals surface area contributed by atoms with Gasteiger partial charge in [0.05, 0.1) is 15.9 Å². The SMILES string of the molecule is CCc1nn(C)c(CN2CCCC(Cl)C2)c1Br. The first kappa shape index (κ1) is 13.4. The van der Waals surface area contributed by atoms with Crippen LogP contribution in [0.1, 0.15) is 31.2 Å². The van der Waals surface area contributed by atoms with E-state index in [1.54, 1.807) is 0 Å². The number of hydrogen-bond donors (Lipinski definition) is 0. The number of aromatic nitrogens is 2. The van der Waals surface area contributed by atoms with Gasteiger partial charge in [-0.3, -0.25) is 9.58 Å². The number of aryl methyl sites for hydroxylation is 2. The number of rotatable bonds is 3. The molecular formula is C12H19BrClN3. The zero-order chi connectivity index (χ0) is 12.4. The fourth-order valence-corrected chi connectivity index (χ4v) is 3.44. The fourth-order valence-electron chi connectivity index (χ4n) is 2.35. The van der Waals surface area contributed by atoms with Crippen molar-refractivity contribution in [3.63, 3.8) is 0 Å². The molecule has 1 aromatic heterocycles. The quantitative estimate of drug-likeness (QED) is 0.799. The molecule has 2 rings (SSSR count). The summed E-state index contributed by atoms with van der Waals surface area (Å²) in [6.07, 6.45) is 3.31. The molecule has 0 amide bonds. The zero-order valence-electron chi connectivity index (χ0n) is 10.4. The van der Waals surface area contributed by atoms with Crippen molar-refractivity contribution in [3.8, 4) is 0 Å². The van der Waals surface area contributed by atoms with Crippen molar-refractivity contribution in [1.82, 2.24) is 14.7 Å². The van der Waals surface area contributed by atoms with Gasteiger partial charge in [-0.05, 0) is 41.7 Å². The Morgan fingerprint density at radius 3 is 2.88 bits per heavy atom. The highest BCUT2D eigenvalue weighted by atomic mass is 79.9. The van der Waals surface area contributed by atoms with Crippen molar-refractivity contribution in [3.05, 3.63) is 15.9 Å². The summed E-state index contributed by atoms with van der Waals surface area (Å²) >= 11 is 9.88. The Morgan fingerprint density at radius 2 is 2.29 bits per heavy atom. The maximum absolute atomic E-state index is 6.21. The molecule has 0 bridgehead atoms. The second-order valence-electron chi connectivity index (χ2n) is 4.66. The Hall–Kier alpha value is -0.0600. The summed E-state index contributed by atoms with van der Waals surface area (Å²) in [4.78, 5) is 2.42. The van der Waals surface area contributed by atoms with Gasteiger partial charge in [-0.1, -0.05) is 6.92 Å². The van der Waals surface area contributed by atoms with Crippen LogP contribution in [0.2, 0.25) is 0 Å². The van der Waals surface area contributed by atoms with Crippen LogP contribution >= 0.6 is 27.5 Å². The van der Waals surface area contributed by atoms with E-state index >= 15 is 0 Å². The molecule has 1 unspecified atom stereocenters. The third kappa shape index (κ3) is 3.04. The third-order valence-corrected chi connectivity index (χ3v) is 4.60. The zero-order valence-corrected chi connectivity index (χ0v) is 12.8. The highest BCUT2D eigenvalue weighted by Gasteiger charge is 2.21. The van der Waals surface area contributed by atoms with Crippen molar-refractivity contribution in [2.75, 3.05) is 13.1 Å². The standard InChI is InChI=1S/C12H19BrClN3/c1-3-10-12(13)11(16(2)15-10)8-17-6-4-5-9(14)7-17/h9H,3-8H2,1-2H3. The van der Waals surface area contributed by atoms with Gasteiger partial charge in [0, 0.05) is 25.5 Å². The van der Waals surface area contributed by atoms with Gasteiger partial charge in [0.2, 0.25) is 0 Å². The Morgan fingerprint density at radius 1 is 1.53 bits per heavy atom. The minimum absolute atomic E-state index is 0.307. The summed E-state index contributed by atoms with van der Waals surface area (Å²) < 4.78 is 3.15. The first-order valence-electron chi connectivity index (χ1n) is 6.18.